The Morgan fingerprint density at radius 3 is 2.50 bits per heavy atom. The second kappa shape index (κ2) is 10.1. The third-order valence-corrected chi connectivity index (χ3v) is 5.62. The minimum atomic E-state index is -0.159. The summed E-state index contributed by atoms with van der Waals surface area (Å²) < 4.78 is 5.38. The van der Waals surface area contributed by atoms with Crippen molar-refractivity contribution in [3.63, 3.8) is 0 Å². The third-order valence-electron chi connectivity index (χ3n) is 4.76. The van der Waals surface area contributed by atoms with Crippen LogP contribution >= 0.6 is 23.2 Å². The number of urea groups is 1. The minimum Gasteiger partial charge on any atom is -0.379 e. The van der Waals surface area contributed by atoms with Gasteiger partial charge in [-0.25, -0.2) is 4.79 Å². The maximum atomic E-state index is 12.4. The quantitative estimate of drug-likeness (QED) is 0.760. The molecule has 1 aliphatic heterocycles. The molecule has 28 heavy (non-hydrogen) atoms. The molecule has 0 aromatic heterocycles. The van der Waals surface area contributed by atoms with Crippen molar-refractivity contribution in [3.05, 3.63) is 69.2 Å². The van der Waals surface area contributed by atoms with Gasteiger partial charge in [-0.3, -0.25) is 4.90 Å². The second-order valence-corrected chi connectivity index (χ2v) is 7.72. The standard InChI is InChI=1S/C21H25Cl2N3O2/c1-25(15-18-3-2-4-19(22)20(18)23)21(27)24-13-16-5-7-17(8-6-16)14-26-9-11-28-12-10-26/h2-8H,9-15H2,1H3,(H,24,27). The highest BCUT2D eigenvalue weighted by Crippen LogP contribution is 2.26. The summed E-state index contributed by atoms with van der Waals surface area (Å²) in [5.74, 6) is 0. The van der Waals surface area contributed by atoms with E-state index in [1.807, 2.05) is 12.1 Å². The van der Waals surface area contributed by atoms with Crippen LogP contribution in [0.3, 0.4) is 0 Å². The monoisotopic (exact) mass is 421 g/mol. The molecule has 150 valence electrons. The molecule has 0 spiro atoms. The highest BCUT2D eigenvalue weighted by atomic mass is 35.5. The molecule has 2 aromatic rings. The lowest BCUT2D eigenvalue weighted by molar-refractivity contribution is 0.0342. The van der Waals surface area contributed by atoms with Crippen molar-refractivity contribution in [1.82, 2.24) is 15.1 Å². The van der Waals surface area contributed by atoms with Gasteiger partial charge in [0.05, 0.1) is 23.3 Å². The molecule has 2 aromatic carbocycles. The highest BCUT2D eigenvalue weighted by Gasteiger charge is 2.13. The van der Waals surface area contributed by atoms with Gasteiger partial charge in [0.2, 0.25) is 0 Å². The number of rotatable bonds is 6. The molecule has 0 unspecified atom stereocenters. The van der Waals surface area contributed by atoms with E-state index in [-0.39, 0.29) is 6.03 Å². The Hall–Kier alpha value is -1.79. The first-order valence-electron chi connectivity index (χ1n) is 9.32. The molecule has 7 heteroatoms. The van der Waals surface area contributed by atoms with Crippen LogP contribution in [0, 0.1) is 0 Å². The van der Waals surface area contributed by atoms with Gasteiger partial charge < -0.3 is 15.0 Å². The van der Waals surface area contributed by atoms with E-state index in [0.717, 1.165) is 44.0 Å². The van der Waals surface area contributed by atoms with E-state index < -0.39 is 0 Å². The van der Waals surface area contributed by atoms with E-state index in [1.54, 1.807) is 18.0 Å². The van der Waals surface area contributed by atoms with Crippen molar-refractivity contribution in [2.75, 3.05) is 33.4 Å². The van der Waals surface area contributed by atoms with Crippen LogP contribution < -0.4 is 5.32 Å². The molecule has 2 amide bonds. The lowest BCUT2D eigenvalue weighted by Gasteiger charge is -2.26. The fourth-order valence-electron chi connectivity index (χ4n) is 3.09. The minimum absolute atomic E-state index is 0.159. The van der Waals surface area contributed by atoms with Crippen LogP contribution in [-0.4, -0.2) is 49.2 Å². The van der Waals surface area contributed by atoms with Gasteiger partial charge in [-0.05, 0) is 22.8 Å². The van der Waals surface area contributed by atoms with Gasteiger partial charge >= 0.3 is 6.03 Å². The molecule has 1 aliphatic rings. The predicted octanol–water partition coefficient (Wildman–Crippen LogP) is 4.17. The van der Waals surface area contributed by atoms with Crippen LogP contribution in [0.15, 0.2) is 42.5 Å². The van der Waals surface area contributed by atoms with Gasteiger partial charge in [-0.15, -0.1) is 0 Å². The molecule has 5 nitrogen and oxygen atoms in total. The number of ether oxygens (including phenoxy) is 1. The zero-order valence-electron chi connectivity index (χ0n) is 16.0. The van der Waals surface area contributed by atoms with E-state index in [9.17, 15) is 4.79 Å². The molecule has 0 atom stereocenters. The Morgan fingerprint density at radius 2 is 1.79 bits per heavy atom. The number of hydrogen-bond donors (Lipinski definition) is 1. The number of morpholine rings is 1. The first-order chi connectivity index (χ1) is 13.5. The van der Waals surface area contributed by atoms with Crippen molar-refractivity contribution in [3.8, 4) is 0 Å². The van der Waals surface area contributed by atoms with Crippen LogP contribution in [0.25, 0.3) is 0 Å². The summed E-state index contributed by atoms with van der Waals surface area (Å²) in [5, 5.41) is 3.91. The summed E-state index contributed by atoms with van der Waals surface area (Å²) in [5.41, 5.74) is 3.15. The van der Waals surface area contributed by atoms with E-state index in [1.165, 1.54) is 5.56 Å². The molecule has 0 aliphatic carbocycles. The topological polar surface area (TPSA) is 44.8 Å². The highest BCUT2D eigenvalue weighted by molar-refractivity contribution is 6.42. The molecular weight excluding hydrogens is 397 g/mol. The summed E-state index contributed by atoms with van der Waals surface area (Å²) in [7, 11) is 1.73. The average Bonchev–Trinajstić information content (AvgIpc) is 2.71. The van der Waals surface area contributed by atoms with Gasteiger partial charge in [0.25, 0.3) is 0 Å². The molecule has 1 heterocycles. The number of benzene rings is 2. The first-order valence-corrected chi connectivity index (χ1v) is 10.1. The molecule has 0 saturated carbocycles. The zero-order valence-corrected chi connectivity index (χ0v) is 17.5. The number of amides is 2. The van der Waals surface area contributed by atoms with Crippen LogP contribution in [0.1, 0.15) is 16.7 Å². The molecule has 0 bridgehead atoms. The average molecular weight is 422 g/mol. The summed E-state index contributed by atoms with van der Waals surface area (Å²) in [6.07, 6.45) is 0. The number of nitrogens with one attached hydrogen (secondary N) is 1. The molecule has 1 fully saturated rings. The van der Waals surface area contributed by atoms with Gasteiger partial charge in [0.1, 0.15) is 0 Å². The smallest absolute Gasteiger partial charge is 0.317 e. The predicted molar refractivity (Wildman–Crippen MR) is 113 cm³/mol. The van der Waals surface area contributed by atoms with E-state index in [2.05, 4.69) is 34.5 Å². The van der Waals surface area contributed by atoms with Crippen molar-refractivity contribution >= 4 is 29.2 Å². The first kappa shape index (κ1) is 20.9. The SMILES string of the molecule is CN(Cc1cccc(Cl)c1Cl)C(=O)NCc1ccc(CN2CCOCC2)cc1. The number of carbonyl (C=O) groups is 1. The zero-order chi connectivity index (χ0) is 19.9. The van der Waals surface area contributed by atoms with Crippen molar-refractivity contribution in [2.45, 2.75) is 19.6 Å². The number of nitrogens with zero attached hydrogens (tertiary/aromatic N) is 2. The lowest BCUT2D eigenvalue weighted by Crippen LogP contribution is -2.36. The van der Waals surface area contributed by atoms with Crippen LogP contribution in [-0.2, 0) is 24.4 Å². The van der Waals surface area contributed by atoms with Crippen LogP contribution in [0.2, 0.25) is 10.0 Å². The molecular formula is C21H25Cl2N3O2. The summed E-state index contributed by atoms with van der Waals surface area (Å²) in [6.45, 7) is 5.35. The Bertz CT molecular complexity index is 793. The third kappa shape index (κ3) is 5.85. The Labute approximate surface area is 176 Å². The largest absolute Gasteiger partial charge is 0.379 e. The van der Waals surface area contributed by atoms with E-state index in [0.29, 0.717) is 23.1 Å². The summed E-state index contributed by atoms with van der Waals surface area (Å²) >= 11 is 12.2. The van der Waals surface area contributed by atoms with Crippen LogP contribution in [0.5, 0.6) is 0 Å². The lowest BCUT2D eigenvalue weighted by atomic mass is 10.1. The summed E-state index contributed by atoms with van der Waals surface area (Å²) in [6, 6.07) is 13.6. The fourth-order valence-corrected chi connectivity index (χ4v) is 3.47. The van der Waals surface area contributed by atoms with Gasteiger partial charge in [0, 0.05) is 39.8 Å². The molecule has 0 radical (unpaired) electrons. The van der Waals surface area contributed by atoms with E-state index >= 15 is 0 Å². The molecule has 1 saturated heterocycles. The molecule has 1 N–H and O–H groups in total. The Balaban J connectivity index is 1.47. The van der Waals surface area contributed by atoms with Crippen molar-refractivity contribution < 1.29 is 9.53 Å². The molecule has 3 rings (SSSR count). The maximum absolute atomic E-state index is 12.4. The number of halogens is 2. The fraction of sp³-hybridized carbons (Fsp3) is 0.381. The Morgan fingerprint density at radius 1 is 1.11 bits per heavy atom. The number of hydrogen-bond acceptors (Lipinski definition) is 3. The van der Waals surface area contributed by atoms with Gasteiger partial charge in [0.15, 0.2) is 0 Å². The van der Waals surface area contributed by atoms with Crippen molar-refractivity contribution in [1.29, 1.82) is 0 Å². The van der Waals surface area contributed by atoms with E-state index in [4.69, 9.17) is 27.9 Å². The second-order valence-electron chi connectivity index (χ2n) is 6.93. The number of carbonyl (C=O) groups excluding carboxylic acids is 1. The van der Waals surface area contributed by atoms with Gasteiger partial charge in [-0.2, -0.15) is 0 Å². The maximum Gasteiger partial charge on any atom is 0.317 e. The van der Waals surface area contributed by atoms with Crippen molar-refractivity contribution in [2.24, 2.45) is 0 Å². The Kier molecular flexibility index (Phi) is 7.57. The summed E-state index contributed by atoms with van der Waals surface area (Å²) in [4.78, 5) is 16.3. The van der Waals surface area contributed by atoms with Gasteiger partial charge in [-0.1, -0.05) is 59.6 Å². The van der Waals surface area contributed by atoms with Crippen LogP contribution in [0.4, 0.5) is 4.79 Å². The normalized spacial score (nSPS) is 14.7.